The van der Waals surface area contributed by atoms with E-state index in [9.17, 15) is 37.1 Å². The first-order valence-corrected chi connectivity index (χ1v) is 11.7. The highest BCUT2D eigenvalue weighted by atomic mass is 19.4. The Morgan fingerprint density at radius 2 is 1.72 bits per heavy atom. The van der Waals surface area contributed by atoms with Gasteiger partial charge in [-0.05, 0) is 37.9 Å². The Bertz CT molecular complexity index is 1060. The van der Waals surface area contributed by atoms with Crippen LogP contribution in [0, 0.1) is 0 Å². The fraction of sp³-hybridized carbons (Fsp3) is 0.522. The molecule has 0 spiro atoms. The maximum atomic E-state index is 13.2. The van der Waals surface area contributed by atoms with Crippen molar-refractivity contribution in [2.75, 3.05) is 18.4 Å². The van der Waals surface area contributed by atoms with Crippen LogP contribution in [0.3, 0.4) is 0 Å². The SMILES string of the molecule is NCCCCCCCCNc1ccc2c(c1OC(=O)C(F)(F)F)C(=O)N(C1CCC(=O)NC1=O)C2=O. The number of nitrogens with one attached hydrogen (secondary N) is 2. The number of alkyl halides is 3. The number of anilines is 1. The molecule has 13 heteroatoms. The third kappa shape index (κ3) is 6.01. The van der Waals surface area contributed by atoms with Crippen LogP contribution in [0.4, 0.5) is 18.9 Å². The molecule has 1 aromatic carbocycles. The lowest BCUT2D eigenvalue weighted by Crippen LogP contribution is -2.54. The third-order valence-electron chi connectivity index (χ3n) is 5.93. The van der Waals surface area contributed by atoms with Crippen LogP contribution >= 0.6 is 0 Å². The van der Waals surface area contributed by atoms with Gasteiger partial charge in [0.1, 0.15) is 6.04 Å². The number of carbonyl (C=O) groups excluding carboxylic acids is 5. The number of ether oxygens (including phenoxy) is 1. The van der Waals surface area contributed by atoms with Gasteiger partial charge < -0.3 is 15.8 Å². The molecule has 2 heterocycles. The van der Waals surface area contributed by atoms with E-state index in [4.69, 9.17) is 5.73 Å². The van der Waals surface area contributed by atoms with E-state index in [1.54, 1.807) is 0 Å². The molecule has 0 aromatic heterocycles. The summed E-state index contributed by atoms with van der Waals surface area (Å²) in [5.74, 6) is -6.75. The topological polar surface area (TPSA) is 148 Å². The summed E-state index contributed by atoms with van der Waals surface area (Å²) in [6.07, 6.45) is -0.243. The lowest BCUT2D eigenvalue weighted by molar-refractivity contribution is -0.189. The van der Waals surface area contributed by atoms with Crippen molar-refractivity contribution in [3.63, 3.8) is 0 Å². The van der Waals surface area contributed by atoms with E-state index in [1.165, 1.54) is 12.1 Å². The van der Waals surface area contributed by atoms with Crippen LogP contribution in [0.15, 0.2) is 12.1 Å². The van der Waals surface area contributed by atoms with Gasteiger partial charge >= 0.3 is 12.1 Å². The van der Waals surface area contributed by atoms with Crippen LogP contribution in [0.25, 0.3) is 0 Å². The summed E-state index contributed by atoms with van der Waals surface area (Å²) >= 11 is 0. The van der Waals surface area contributed by atoms with Crippen molar-refractivity contribution >= 4 is 35.3 Å². The first kappa shape index (κ1) is 27.1. The maximum Gasteiger partial charge on any atom is 0.491 e. The highest BCUT2D eigenvalue weighted by Gasteiger charge is 2.48. The lowest BCUT2D eigenvalue weighted by Gasteiger charge is -2.27. The molecule has 4 amide bonds. The standard InChI is InChI=1S/C23H27F3N4O6/c24-23(25,26)22(35)36-18-14(28-12-6-4-2-1-3-5-11-27)8-7-13-17(18)21(34)30(20(13)33)15-9-10-16(31)29-19(15)32/h7-8,15,28H,1-6,9-12,27H2,(H,29,31,32). The molecule has 0 radical (unpaired) electrons. The number of nitrogens with two attached hydrogens (primary N) is 1. The van der Waals surface area contributed by atoms with Crippen LogP contribution in [0.1, 0.15) is 72.1 Å². The van der Waals surface area contributed by atoms with Crippen molar-refractivity contribution < 1.29 is 41.9 Å². The van der Waals surface area contributed by atoms with Crippen LogP contribution in [0.2, 0.25) is 0 Å². The van der Waals surface area contributed by atoms with Gasteiger partial charge in [-0.3, -0.25) is 29.4 Å². The Kier molecular flexibility index (Phi) is 8.66. The number of piperidine rings is 1. The third-order valence-corrected chi connectivity index (χ3v) is 5.93. The molecule has 1 fully saturated rings. The quantitative estimate of drug-likeness (QED) is 0.177. The summed E-state index contributed by atoms with van der Waals surface area (Å²) in [5.41, 5.74) is 4.53. The monoisotopic (exact) mass is 512 g/mol. The molecule has 10 nitrogen and oxygen atoms in total. The van der Waals surface area contributed by atoms with Gasteiger partial charge in [-0.1, -0.05) is 25.7 Å². The minimum Gasteiger partial charge on any atom is -0.417 e. The van der Waals surface area contributed by atoms with Crippen LogP contribution < -0.4 is 21.1 Å². The average molecular weight is 512 g/mol. The Hall–Kier alpha value is -3.48. The zero-order chi connectivity index (χ0) is 26.5. The molecular weight excluding hydrogens is 485 g/mol. The molecule has 2 aliphatic heterocycles. The number of fused-ring (bicyclic) bond motifs is 1. The van der Waals surface area contributed by atoms with E-state index in [0.717, 1.165) is 32.1 Å². The van der Waals surface area contributed by atoms with Gasteiger partial charge in [0.15, 0.2) is 5.75 Å². The molecule has 0 bridgehead atoms. The van der Waals surface area contributed by atoms with Gasteiger partial charge in [-0.15, -0.1) is 0 Å². The van der Waals surface area contributed by atoms with Gasteiger partial charge in [0.2, 0.25) is 11.8 Å². The molecule has 1 unspecified atom stereocenters. The number of benzene rings is 1. The van der Waals surface area contributed by atoms with E-state index in [-0.39, 0.29) is 24.1 Å². The van der Waals surface area contributed by atoms with Crippen LogP contribution in [-0.4, -0.2) is 59.8 Å². The molecule has 2 aliphatic rings. The number of amides is 4. The molecule has 36 heavy (non-hydrogen) atoms. The average Bonchev–Trinajstić information content (AvgIpc) is 3.06. The molecule has 0 saturated carbocycles. The predicted molar refractivity (Wildman–Crippen MR) is 120 cm³/mol. The van der Waals surface area contributed by atoms with Gasteiger partial charge in [0, 0.05) is 13.0 Å². The second kappa shape index (κ2) is 11.5. The zero-order valence-corrected chi connectivity index (χ0v) is 19.4. The molecular formula is C23H27F3N4O6. The van der Waals surface area contributed by atoms with E-state index < -0.39 is 53.1 Å². The summed E-state index contributed by atoms with van der Waals surface area (Å²) in [6, 6.07) is 1.15. The Morgan fingerprint density at radius 3 is 2.36 bits per heavy atom. The van der Waals surface area contributed by atoms with Gasteiger partial charge in [-0.25, -0.2) is 4.79 Å². The highest BCUT2D eigenvalue weighted by molar-refractivity contribution is 6.25. The van der Waals surface area contributed by atoms with Crippen molar-refractivity contribution in [3.05, 3.63) is 23.3 Å². The lowest BCUT2D eigenvalue weighted by atomic mass is 10.0. The smallest absolute Gasteiger partial charge is 0.417 e. The van der Waals surface area contributed by atoms with E-state index in [2.05, 4.69) is 10.1 Å². The zero-order valence-electron chi connectivity index (χ0n) is 19.4. The number of hydrogen-bond acceptors (Lipinski definition) is 8. The Labute approximate surface area is 204 Å². The Morgan fingerprint density at radius 1 is 1.06 bits per heavy atom. The Balaban J connectivity index is 1.83. The molecule has 196 valence electrons. The number of esters is 1. The first-order valence-electron chi connectivity index (χ1n) is 11.7. The highest BCUT2D eigenvalue weighted by Crippen LogP contribution is 2.39. The summed E-state index contributed by atoms with van der Waals surface area (Å²) in [7, 11) is 0. The minimum absolute atomic E-state index is 0.0687. The summed E-state index contributed by atoms with van der Waals surface area (Å²) in [4.78, 5) is 62.0. The summed E-state index contributed by atoms with van der Waals surface area (Å²) in [6.45, 7) is 0.937. The number of carbonyl (C=O) groups is 5. The maximum absolute atomic E-state index is 13.2. The molecule has 0 aliphatic carbocycles. The molecule has 1 aromatic rings. The van der Waals surface area contributed by atoms with Crippen molar-refractivity contribution in [1.29, 1.82) is 0 Å². The van der Waals surface area contributed by atoms with Gasteiger partial charge in [0.25, 0.3) is 11.8 Å². The molecule has 3 rings (SSSR count). The number of halogens is 3. The molecule has 1 saturated heterocycles. The van der Waals surface area contributed by atoms with E-state index >= 15 is 0 Å². The fourth-order valence-electron chi connectivity index (χ4n) is 4.12. The first-order chi connectivity index (χ1) is 17.1. The van der Waals surface area contributed by atoms with Crippen LogP contribution in [-0.2, 0) is 14.4 Å². The van der Waals surface area contributed by atoms with Crippen molar-refractivity contribution in [1.82, 2.24) is 10.2 Å². The number of rotatable bonds is 11. The molecule has 1 atom stereocenters. The number of imide groups is 2. The second-order valence-corrected chi connectivity index (χ2v) is 8.54. The number of hydrogen-bond donors (Lipinski definition) is 3. The van der Waals surface area contributed by atoms with Crippen LogP contribution in [0.5, 0.6) is 5.75 Å². The second-order valence-electron chi connectivity index (χ2n) is 8.54. The summed E-state index contributed by atoms with van der Waals surface area (Å²) < 4.78 is 43.5. The normalized spacial score (nSPS) is 17.8. The number of nitrogens with zero attached hydrogens (tertiary/aromatic N) is 1. The van der Waals surface area contributed by atoms with Crippen molar-refractivity contribution in [3.8, 4) is 5.75 Å². The van der Waals surface area contributed by atoms with Crippen molar-refractivity contribution in [2.45, 2.75) is 63.6 Å². The summed E-state index contributed by atoms with van der Waals surface area (Å²) in [5, 5.41) is 4.91. The van der Waals surface area contributed by atoms with Gasteiger partial charge in [0.05, 0.1) is 16.8 Å². The number of unbranched alkanes of at least 4 members (excludes halogenated alkanes) is 5. The largest absolute Gasteiger partial charge is 0.491 e. The minimum atomic E-state index is -5.35. The molecule has 4 N–H and O–H groups in total. The van der Waals surface area contributed by atoms with E-state index in [1.807, 2.05) is 5.32 Å². The van der Waals surface area contributed by atoms with Gasteiger partial charge in [-0.2, -0.15) is 13.2 Å². The van der Waals surface area contributed by atoms with Crippen molar-refractivity contribution in [2.24, 2.45) is 5.73 Å². The van der Waals surface area contributed by atoms with E-state index in [0.29, 0.717) is 24.4 Å². The fourth-order valence-corrected chi connectivity index (χ4v) is 4.12. The predicted octanol–water partition coefficient (Wildman–Crippen LogP) is 2.27.